The molecule has 0 atom stereocenters. The molecule has 1 N–H and O–H groups in total. The van der Waals surface area contributed by atoms with E-state index < -0.39 is 5.79 Å². The summed E-state index contributed by atoms with van der Waals surface area (Å²) in [5.41, 5.74) is 1.80. The lowest BCUT2D eigenvalue weighted by Gasteiger charge is -2.35. The summed E-state index contributed by atoms with van der Waals surface area (Å²) >= 11 is 0. The average molecular weight is 239 g/mol. The summed E-state index contributed by atoms with van der Waals surface area (Å²) in [5, 5.41) is 3.30. The first-order chi connectivity index (χ1) is 7.96. The number of ether oxygens (including phenoxy) is 2. The minimum atomic E-state index is -0.504. The van der Waals surface area contributed by atoms with Crippen molar-refractivity contribution in [2.24, 2.45) is 0 Å². The normalized spacial score (nSPS) is 20.2. The van der Waals surface area contributed by atoms with Crippen LogP contribution >= 0.6 is 0 Å². The van der Waals surface area contributed by atoms with Gasteiger partial charge in [-0.1, -0.05) is 0 Å². The fraction of sp³-hybridized carbons (Fsp3) is 0.538. The van der Waals surface area contributed by atoms with E-state index in [4.69, 9.17) is 9.47 Å². The Hall–Kier alpha value is -1.13. The fourth-order valence-electron chi connectivity index (χ4n) is 1.78. The molecule has 0 aliphatic carbocycles. The van der Waals surface area contributed by atoms with Crippen molar-refractivity contribution in [3.8, 4) is 0 Å². The molecule has 0 radical (unpaired) electrons. The first kappa shape index (κ1) is 12.3. The van der Waals surface area contributed by atoms with Gasteiger partial charge in [0.2, 0.25) is 0 Å². The maximum Gasteiger partial charge on any atom is 0.162 e. The molecule has 94 valence electrons. The highest BCUT2D eigenvalue weighted by Crippen LogP contribution is 2.21. The van der Waals surface area contributed by atoms with E-state index in [1.807, 2.05) is 20.8 Å². The van der Waals surface area contributed by atoms with E-state index >= 15 is 0 Å². The van der Waals surface area contributed by atoms with Crippen LogP contribution in [-0.4, -0.2) is 25.0 Å². The highest BCUT2D eigenvalue weighted by Gasteiger charge is 2.28. The monoisotopic (exact) mass is 239 g/mol. The first-order valence-electron chi connectivity index (χ1n) is 5.77. The van der Waals surface area contributed by atoms with Gasteiger partial charge < -0.3 is 14.8 Å². The third-order valence-corrected chi connectivity index (χ3v) is 2.81. The quantitative estimate of drug-likeness (QED) is 0.860. The van der Waals surface area contributed by atoms with Crippen LogP contribution in [-0.2, 0) is 9.47 Å². The van der Waals surface area contributed by atoms with Crippen LogP contribution in [0.4, 0.5) is 10.1 Å². The SMILES string of the molecule is Cc1cc(F)ccc1NC1COC(C)(C)OC1. The molecule has 1 aliphatic heterocycles. The Balaban J connectivity index is 1.98. The van der Waals surface area contributed by atoms with Crippen LogP contribution in [0.25, 0.3) is 0 Å². The molecule has 2 rings (SSSR count). The molecule has 0 saturated carbocycles. The van der Waals surface area contributed by atoms with Crippen LogP contribution in [0.2, 0.25) is 0 Å². The van der Waals surface area contributed by atoms with Gasteiger partial charge in [-0.15, -0.1) is 0 Å². The molecular weight excluding hydrogens is 221 g/mol. The van der Waals surface area contributed by atoms with Crippen molar-refractivity contribution in [2.45, 2.75) is 32.6 Å². The van der Waals surface area contributed by atoms with Gasteiger partial charge in [-0.05, 0) is 44.5 Å². The van der Waals surface area contributed by atoms with Crippen molar-refractivity contribution in [1.29, 1.82) is 0 Å². The standard InChI is InChI=1S/C13H18FNO2/c1-9-6-10(14)4-5-12(9)15-11-7-16-13(2,3)17-8-11/h4-6,11,15H,7-8H2,1-3H3. The molecule has 0 aromatic heterocycles. The van der Waals surface area contributed by atoms with Gasteiger partial charge in [0.05, 0.1) is 19.3 Å². The highest BCUT2D eigenvalue weighted by atomic mass is 19.1. The van der Waals surface area contributed by atoms with E-state index in [0.29, 0.717) is 13.2 Å². The lowest BCUT2D eigenvalue weighted by Crippen LogP contribution is -2.45. The zero-order valence-corrected chi connectivity index (χ0v) is 10.4. The molecular formula is C13H18FNO2. The minimum absolute atomic E-state index is 0.104. The highest BCUT2D eigenvalue weighted by molar-refractivity contribution is 5.51. The number of nitrogens with one attached hydrogen (secondary N) is 1. The third kappa shape index (κ3) is 3.17. The zero-order chi connectivity index (χ0) is 12.5. The molecule has 1 heterocycles. The number of aryl methyl sites for hydroxylation is 1. The van der Waals surface area contributed by atoms with Gasteiger partial charge in [-0.25, -0.2) is 4.39 Å². The van der Waals surface area contributed by atoms with Crippen molar-refractivity contribution >= 4 is 5.69 Å². The number of rotatable bonds is 2. The molecule has 0 spiro atoms. The Labute approximate surface area is 101 Å². The second kappa shape index (κ2) is 4.63. The maximum atomic E-state index is 13.0. The Morgan fingerprint density at radius 1 is 1.29 bits per heavy atom. The lowest BCUT2D eigenvalue weighted by molar-refractivity contribution is -0.247. The van der Waals surface area contributed by atoms with Gasteiger partial charge in [0.15, 0.2) is 5.79 Å². The third-order valence-electron chi connectivity index (χ3n) is 2.81. The van der Waals surface area contributed by atoms with Crippen LogP contribution in [0.1, 0.15) is 19.4 Å². The number of halogens is 1. The molecule has 1 saturated heterocycles. The predicted octanol–water partition coefficient (Wildman–Crippen LogP) is 2.70. The van der Waals surface area contributed by atoms with Crippen LogP contribution in [0.3, 0.4) is 0 Å². The summed E-state index contributed by atoms with van der Waals surface area (Å²) in [6.07, 6.45) is 0. The van der Waals surface area contributed by atoms with E-state index in [1.165, 1.54) is 12.1 Å². The Morgan fingerprint density at radius 3 is 2.53 bits per heavy atom. The number of hydrogen-bond acceptors (Lipinski definition) is 3. The van der Waals surface area contributed by atoms with Crippen molar-refractivity contribution in [1.82, 2.24) is 0 Å². The summed E-state index contributed by atoms with van der Waals surface area (Å²) in [4.78, 5) is 0. The predicted molar refractivity (Wildman–Crippen MR) is 64.5 cm³/mol. The van der Waals surface area contributed by atoms with Crippen molar-refractivity contribution < 1.29 is 13.9 Å². The zero-order valence-electron chi connectivity index (χ0n) is 10.4. The molecule has 0 amide bonds. The van der Waals surface area contributed by atoms with Gasteiger partial charge >= 0.3 is 0 Å². The molecule has 1 aliphatic rings. The van der Waals surface area contributed by atoms with Gasteiger partial charge in [0, 0.05) is 5.69 Å². The molecule has 1 aromatic rings. The molecule has 3 nitrogen and oxygen atoms in total. The molecule has 4 heteroatoms. The van der Waals surface area contributed by atoms with E-state index in [1.54, 1.807) is 6.07 Å². The van der Waals surface area contributed by atoms with Gasteiger partial charge in [-0.3, -0.25) is 0 Å². The van der Waals surface area contributed by atoms with Gasteiger partial charge in [0.25, 0.3) is 0 Å². The topological polar surface area (TPSA) is 30.5 Å². The number of anilines is 1. The molecule has 1 fully saturated rings. The Morgan fingerprint density at radius 2 is 1.94 bits per heavy atom. The lowest BCUT2D eigenvalue weighted by atomic mass is 10.1. The Bertz CT molecular complexity index is 396. The summed E-state index contributed by atoms with van der Waals surface area (Å²) in [7, 11) is 0. The van der Waals surface area contributed by atoms with Crippen LogP contribution < -0.4 is 5.32 Å². The summed E-state index contributed by atoms with van der Waals surface area (Å²) in [5.74, 6) is -0.721. The first-order valence-corrected chi connectivity index (χ1v) is 5.77. The van der Waals surface area contributed by atoms with E-state index in [0.717, 1.165) is 11.3 Å². The largest absolute Gasteiger partial charge is 0.377 e. The molecule has 0 unspecified atom stereocenters. The van der Waals surface area contributed by atoms with E-state index in [9.17, 15) is 4.39 Å². The summed E-state index contributed by atoms with van der Waals surface area (Å²) in [6, 6.07) is 4.80. The van der Waals surface area contributed by atoms with E-state index in [2.05, 4.69) is 5.32 Å². The van der Waals surface area contributed by atoms with Crippen LogP contribution in [0.15, 0.2) is 18.2 Å². The van der Waals surface area contributed by atoms with Crippen molar-refractivity contribution in [2.75, 3.05) is 18.5 Å². The van der Waals surface area contributed by atoms with Gasteiger partial charge in [-0.2, -0.15) is 0 Å². The summed E-state index contributed by atoms with van der Waals surface area (Å²) < 4.78 is 24.1. The van der Waals surface area contributed by atoms with E-state index in [-0.39, 0.29) is 11.9 Å². The molecule has 1 aromatic carbocycles. The minimum Gasteiger partial charge on any atom is -0.377 e. The van der Waals surface area contributed by atoms with Crippen molar-refractivity contribution in [3.05, 3.63) is 29.6 Å². The molecule has 0 bridgehead atoms. The van der Waals surface area contributed by atoms with Crippen LogP contribution in [0.5, 0.6) is 0 Å². The Kier molecular flexibility index (Phi) is 3.35. The summed E-state index contributed by atoms with van der Waals surface area (Å²) in [6.45, 7) is 6.84. The fourth-order valence-corrected chi connectivity index (χ4v) is 1.78. The second-order valence-electron chi connectivity index (χ2n) is 4.82. The average Bonchev–Trinajstić information content (AvgIpc) is 2.25. The second-order valence-corrected chi connectivity index (χ2v) is 4.82. The number of benzene rings is 1. The maximum absolute atomic E-state index is 13.0. The van der Waals surface area contributed by atoms with Crippen molar-refractivity contribution in [3.63, 3.8) is 0 Å². The smallest absolute Gasteiger partial charge is 0.162 e. The molecule has 17 heavy (non-hydrogen) atoms. The number of hydrogen-bond donors (Lipinski definition) is 1. The van der Waals surface area contributed by atoms with Gasteiger partial charge in [0.1, 0.15) is 5.82 Å². The van der Waals surface area contributed by atoms with Crippen LogP contribution in [0, 0.1) is 12.7 Å².